The number of hydrogen-bond acceptors (Lipinski definition) is 6. The van der Waals surface area contributed by atoms with Crippen LogP contribution in [0.2, 0.25) is 0 Å². The van der Waals surface area contributed by atoms with Gasteiger partial charge < -0.3 is 31.0 Å². The molecule has 0 saturated heterocycles. The van der Waals surface area contributed by atoms with E-state index < -0.39 is 31.0 Å². The van der Waals surface area contributed by atoms with Crippen molar-refractivity contribution in [2.75, 3.05) is 6.61 Å². The molecule has 0 bridgehead atoms. The molecule has 0 spiro atoms. The smallest absolute Gasteiger partial charge is 0.139 e. The number of hydrogen-bond donors (Lipinski definition) is 5. The molecule has 74 valence electrons. The standard InChI is InChI=1S/C6H13NO5.Zn/c7-3(1-8)5(11)6(12)4(10)2-9;/h1,3-6,9-12H,2,7H2;/t3-,4+,5+,6+;/m0./s1. The summed E-state index contributed by atoms with van der Waals surface area (Å²) < 4.78 is 0. The van der Waals surface area contributed by atoms with Crippen LogP contribution in [0, 0.1) is 0 Å². The summed E-state index contributed by atoms with van der Waals surface area (Å²) in [7, 11) is 0. The Hall–Kier alpha value is 0.0934. The summed E-state index contributed by atoms with van der Waals surface area (Å²) in [5, 5.41) is 35.2. The molecule has 0 amide bonds. The number of nitrogens with two attached hydrogens (primary N) is 1. The summed E-state index contributed by atoms with van der Waals surface area (Å²) in [5.74, 6) is 0. The number of aldehydes is 1. The molecule has 6 N–H and O–H groups in total. The molecule has 0 aliphatic carbocycles. The van der Waals surface area contributed by atoms with E-state index >= 15 is 0 Å². The zero-order valence-corrected chi connectivity index (χ0v) is 10.0. The molecule has 0 fully saturated rings. The van der Waals surface area contributed by atoms with Crippen LogP contribution >= 0.6 is 0 Å². The van der Waals surface area contributed by atoms with E-state index in [0.29, 0.717) is 0 Å². The van der Waals surface area contributed by atoms with Gasteiger partial charge in [0.25, 0.3) is 0 Å². The number of carbonyl (C=O) groups excluding carboxylic acids is 1. The molecule has 13 heavy (non-hydrogen) atoms. The first-order valence-electron chi connectivity index (χ1n) is 3.40. The van der Waals surface area contributed by atoms with Gasteiger partial charge in [0.15, 0.2) is 0 Å². The van der Waals surface area contributed by atoms with Crippen LogP contribution < -0.4 is 5.73 Å². The molecule has 0 aliphatic heterocycles. The van der Waals surface area contributed by atoms with E-state index in [1.807, 2.05) is 0 Å². The van der Waals surface area contributed by atoms with Crippen molar-refractivity contribution in [2.24, 2.45) is 5.73 Å². The Kier molecular flexibility index (Phi) is 8.97. The second-order valence-electron chi connectivity index (χ2n) is 2.44. The van der Waals surface area contributed by atoms with Gasteiger partial charge in [0, 0.05) is 19.5 Å². The first-order valence-corrected chi connectivity index (χ1v) is 3.40. The van der Waals surface area contributed by atoms with Crippen molar-refractivity contribution in [3.05, 3.63) is 0 Å². The maximum atomic E-state index is 10.0. The summed E-state index contributed by atoms with van der Waals surface area (Å²) in [6, 6.07) is -1.26. The van der Waals surface area contributed by atoms with Crippen molar-refractivity contribution in [1.29, 1.82) is 0 Å². The Morgan fingerprint density at radius 1 is 1.23 bits per heavy atom. The Labute approximate surface area is 88.1 Å². The molecule has 0 aromatic heterocycles. The van der Waals surface area contributed by atoms with E-state index in [4.69, 9.17) is 26.2 Å². The van der Waals surface area contributed by atoms with Gasteiger partial charge in [-0.15, -0.1) is 0 Å². The SMILES string of the molecule is N[C@@H](C=O)[C@@H](O)[C@H](O)[C@H](O)CO.[Zn]. The summed E-state index contributed by atoms with van der Waals surface area (Å²) in [6.07, 6.45) is -4.43. The molecule has 0 aromatic rings. The molecule has 7 heteroatoms. The van der Waals surface area contributed by atoms with Gasteiger partial charge >= 0.3 is 0 Å². The summed E-state index contributed by atoms with van der Waals surface area (Å²) in [4.78, 5) is 10.0. The van der Waals surface area contributed by atoms with Gasteiger partial charge in [0.05, 0.1) is 12.6 Å². The third-order valence-electron chi connectivity index (χ3n) is 1.48. The van der Waals surface area contributed by atoms with Crippen LogP contribution in [-0.2, 0) is 24.3 Å². The third kappa shape index (κ3) is 4.76. The van der Waals surface area contributed by atoms with Crippen LogP contribution in [0.1, 0.15) is 0 Å². The number of aliphatic hydroxyl groups excluding tert-OH is 4. The molecule has 0 aromatic carbocycles. The minimum absolute atomic E-state index is 0. The van der Waals surface area contributed by atoms with Gasteiger partial charge in [-0.25, -0.2) is 0 Å². The van der Waals surface area contributed by atoms with Gasteiger partial charge in [-0.1, -0.05) is 0 Å². The topological polar surface area (TPSA) is 124 Å². The first kappa shape index (κ1) is 15.6. The zero-order chi connectivity index (χ0) is 9.72. The van der Waals surface area contributed by atoms with E-state index in [-0.39, 0.29) is 25.8 Å². The van der Waals surface area contributed by atoms with Crippen molar-refractivity contribution in [1.82, 2.24) is 0 Å². The minimum Gasteiger partial charge on any atom is -0.394 e. The van der Waals surface area contributed by atoms with Crippen molar-refractivity contribution >= 4 is 6.29 Å². The predicted octanol–water partition coefficient (Wildman–Crippen LogP) is -3.41. The molecule has 6 nitrogen and oxygen atoms in total. The van der Waals surface area contributed by atoms with Crippen LogP contribution in [0.15, 0.2) is 0 Å². The van der Waals surface area contributed by atoms with E-state index in [1.165, 1.54) is 0 Å². The third-order valence-corrected chi connectivity index (χ3v) is 1.48. The van der Waals surface area contributed by atoms with Crippen molar-refractivity contribution < 1.29 is 44.7 Å². The normalized spacial score (nSPS) is 19.5. The summed E-state index contributed by atoms with van der Waals surface area (Å²) >= 11 is 0. The molecule has 0 radical (unpaired) electrons. The average Bonchev–Trinajstić information content (AvgIpc) is 2.12. The van der Waals surface area contributed by atoms with Crippen LogP contribution in [0.4, 0.5) is 0 Å². The molecule has 0 aliphatic rings. The fourth-order valence-corrected chi connectivity index (χ4v) is 0.644. The fourth-order valence-electron chi connectivity index (χ4n) is 0.644. The number of aliphatic hydroxyl groups is 4. The first-order chi connectivity index (χ1) is 5.54. The zero-order valence-electron chi connectivity index (χ0n) is 7.08. The second-order valence-corrected chi connectivity index (χ2v) is 2.44. The Morgan fingerprint density at radius 2 is 1.69 bits per heavy atom. The molecule has 0 unspecified atom stereocenters. The van der Waals surface area contributed by atoms with Crippen LogP contribution in [0.3, 0.4) is 0 Å². The van der Waals surface area contributed by atoms with Gasteiger partial charge in [-0.2, -0.15) is 0 Å². The molecule has 4 atom stereocenters. The van der Waals surface area contributed by atoms with Crippen LogP contribution in [-0.4, -0.2) is 57.7 Å². The Morgan fingerprint density at radius 3 is 2.00 bits per heavy atom. The predicted molar refractivity (Wildman–Crippen MR) is 39.1 cm³/mol. The van der Waals surface area contributed by atoms with Crippen molar-refractivity contribution in [3.8, 4) is 0 Å². The van der Waals surface area contributed by atoms with Crippen LogP contribution in [0.25, 0.3) is 0 Å². The molecule has 0 heterocycles. The maximum absolute atomic E-state index is 10.0. The number of rotatable bonds is 5. The van der Waals surface area contributed by atoms with E-state index in [9.17, 15) is 4.79 Å². The van der Waals surface area contributed by atoms with Crippen LogP contribution in [0.5, 0.6) is 0 Å². The quantitative estimate of drug-likeness (QED) is 0.253. The van der Waals surface area contributed by atoms with Gasteiger partial charge in [0.1, 0.15) is 24.6 Å². The van der Waals surface area contributed by atoms with E-state index in [0.717, 1.165) is 0 Å². The van der Waals surface area contributed by atoms with Gasteiger partial charge in [-0.05, 0) is 0 Å². The van der Waals surface area contributed by atoms with Gasteiger partial charge in [-0.3, -0.25) is 0 Å². The van der Waals surface area contributed by atoms with E-state index in [2.05, 4.69) is 0 Å². The van der Waals surface area contributed by atoms with E-state index in [1.54, 1.807) is 0 Å². The molecular weight excluding hydrogens is 231 g/mol. The average molecular weight is 245 g/mol. The fraction of sp³-hybridized carbons (Fsp3) is 0.833. The van der Waals surface area contributed by atoms with Crippen molar-refractivity contribution in [3.63, 3.8) is 0 Å². The second kappa shape index (κ2) is 7.49. The number of carbonyl (C=O) groups is 1. The Bertz CT molecular complexity index is 147. The molecular formula is C6H13NO5Zn. The Balaban J connectivity index is 0. The maximum Gasteiger partial charge on any atom is 0.139 e. The molecule has 0 saturated carbocycles. The largest absolute Gasteiger partial charge is 0.394 e. The summed E-state index contributed by atoms with van der Waals surface area (Å²) in [6.45, 7) is -0.705. The minimum atomic E-state index is -1.62. The van der Waals surface area contributed by atoms with Gasteiger partial charge in [0.2, 0.25) is 0 Å². The van der Waals surface area contributed by atoms with Crippen molar-refractivity contribution in [2.45, 2.75) is 24.4 Å². The summed E-state index contributed by atoms with van der Waals surface area (Å²) in [5.41, 5.74) is 5.04. The molecule has 0 rings (SSSR count). The monoisotopic (exact) mass is 243 g/mol.